The first-order chi connectivity index (χ1) is 8.06. The molecule has 2 N–H and O–H groups in total. The Hall–Kier alpha value is -0.140. The molecule has 7 heteroatoms. The van der Waals surface area contributed by atoms with Gasteiger partial charge in [0.2, 0.25) is 0 Å². The van der Waals surface area contributed by atoms with E-state index in [0.29, 0.717) is 0 Å². The molecule has 2 unspecified atom stereocenters. The van der Waals surface area contributed by atoms with E-state index in [-0.39, 0.29) is 11.3 Å². The van der Waals surface area contributed by atoms with Crippen LogP contribution in [0.15, 0.2) is 16.5 Å². The molecular formula is C10H12ClN3S3. The molecule has 0 bridgehead atoms. The summed E-state index contributed by atoms with van der Waals surface area (Å²) in [4.78, 5) is 1.18. The van der Waals surface area contributed by atoms with E-state index in [0.717, 1.165) is 13.7 Å². The van der Waals surface area contributed by atoms with Gasteiger partial charge < -0.3 is 5.73 Å². The largest absolute Gasteiger partial charge is 0.327 e. The molecule has 92 valence electrons. The highest BCUT2D eigenvalue weighted by atomic mass is 35.5. The average molecular weight is 306 g/mol. The van der Waals surface area contributed by atoms with Crippen LogP contribution < -0.4 is 5.73 Å². The summed E-state index contributed by atoms with van der Waals surface area (Å²) in [6.07, 6.45) is 0. The zero-order valence-corrected chi connectivity index (χ0v) is 12.6. The molecule has 0 amide bonds. The van der Waals surface area contributed by atoms with Crippen LogP contribution in [0.4, 0.5) is 0 Å². The van der Waals surface area contributed by atoms with Crippen molar-refractivity contribution in [3.63, 3.8) is 0 Å². The number of nitrogens with two attached hydrogens (primary N) is 1. The summed E-state index contributed by atoms with van der Waals surface area (Å²) >= 11 is 10.8. The summed E-state index contributed by atoms with van der Waals surface area (Å²) in [6, 6.07) is 3.98. The fraction of sp³-hybridized carbons (Fsp3) is 0.400. The third-order valence-corrected chi connectivity index (χ3v) is 5.94. The Morgan fingerprint density at radius 2 is 2.12 bits per heavy atom. The van der Waals surface area contributed by atoms with Crippen molar-refractivity contribution in [1.82, 2.24) is 10.2 Å². The van der Waals surface area contributed by atoms with Crippen LogP contribution in [0.5, 0.6) is 0 Å². The standard InChI is InChI=1S/C10H12ClN3S3/c1-5(12)9(7-3-4-8(11)16-7)17-10-14-13-6(2)15-10/h3-5,9H,12H2,1-2H3. The molecule has 17 heavy (non-hydrogen) atoms. The van der Waals surface area contributed by atoms with E-state index in [2.05, 4.69) is 10.2 Å². The Kier molecular flexibility index (Phi) is 4.43. The van der Waals surface area contributed by atoms with Gasteiger partial charge in [0.1, 0.15) is 5.01 Å². The maximum absolute atomic E-state index is 6.03. The SMILES string of the molecule is Cc1nnc(SC(c2ccc(Cl)s2)C(C)N)s1. The molecule has 2 aromatic rings. The maximum Gasteiger partial charge on any atom is 0.174 e. The highest BCUT2D eigenvalue weighted by molar-refractivity contribution is 8.01. The normalized spacial score (nSPS) is 14.8. The summed E-state index contributed by atoms with van der Waals surface area (Å²) in [6.45, 7) is 3.95. The molecule has 0 aliphatic rings. The van der Waals surface area contributed by atoms with E-state index < -0.39 is 0 Å². The number of rotatable bonds is 4. The Morgan fingerprint density at radius 1 is 1.35 bits per heavy atom. The summed E-state index contributed by atoms with van der Waals surface area (Å²) < 4.78 is 1.74. The molecular weight excluding hydrogens is 294 g/mol. The molecule has 0 saturated heterocycles. The van der Waals surface area contributed by atoms with Gasteiger partial charge in [-0.25, -0.2) is 0 Å². The van der Waals surface area contributed by atoms with Gasteiger partial charge in [0, 0.05) is 10.9 Å². The molecule has 0 aliphatic carbocycles. The number of thioether (sulfide) groups is 1. The van der Waals surface area contributed by atoms with Gasteiger partial charge >= 0.3 is 0 Å². The van der Waals surface area contributed by atoms with E-state index in [1.54, 1.807) is 34.4 Å². The molecule has 0 radical (unpaired) electrons. The average Bonchev–Trinajstić information content (AvgIpc) is 2.83. The monoisotopic (exact) mass is 305 g/mol. The van der Waals surface area contributed by atoms with E-state index in [1.807, 2.05) is 26.0 Å². The van der Waals surface area contributed by atoms with Gasteiger partial charge in [-0.1, -0.05) is 34.7 Å². The van der Waals surface area contributed by atoms with Crippen molar-refractivity contribution in [1.29, 1.82) is 0 Å². The van der Waals surface area contributed by atoms with Gasteiger partial charge in [0.25, 0.3) is 0 Å². The van der Waals surface area contributed by atoms with Crippen LogP contribution in [0, 0.1) is 6.92 Å². The van der Waals surface area contributed by atoms with Gasteiger partial charge in [0.05, 0.1) is 9.59 Å². The minimum atomic E-state index is 0.0407. The highest BCUT2D eigenvalue weighted by Crippen LogP contribution is 2.41. The van der Waals surface area contributed by atoms with Crippen molar-refractivity contribution in [2.24, 2.45) is 5.73 Å². The van der Waals surface area contributed by atoms with Crippen LogP contribution in [0.25, 0.3) is 0 Å². The van der Waals surface area contributed by atoms with E-state index in [4.69, 9.17) is 17.3 Å². The number of aromatic nitrogens is 2. The third kappa shape index (κ3) is 3.42. The summed E-state index contributed by atoms with van der Waals surface area (Å²) in [5.74, 6) is 0. The van der Waals surface area contributed by atoms with Gasteiger partial charge in [-0.05, 0) is 26.0 Å². The number of halogens is 1. The zero-order chi connectivity index (χ0) is 12.4. The first kappa shape index (κ1) is 13.3. The second-order valence-corrected chi connectivity index (χ2v) is 7.94. The molecule has 2 rings (SSSR count). The predicted molar refractivity (Wildman–Crippen MR) is 76.2 cm³/mol. The maximum atomic E-state index is 6.03. The van der Waals surface area contributed by atoms with Crippen molar-refractivity contribution in [2.75, 3.05) is 0 Å². The number of hydrogen-bond donors (Lipinski definition) is 1. The van der Waals surface area contributed by atoms with Gasteiger partial charge in [0.15, 0.2) is 4.34 Å². The lowest BCUT2D eigenvalue weighted by atomic mass is 10.2. The lowest BCUT2D eigenvalue weighted by Crippen LogP contribution is -2.21. The Balaban J connectivity index is 2.18. The van der Waals surface area contributed by atoms with Crippen molar-refractivity contribution in [2.45, 2.75) is 29.5 Å². The van der Waals surface area contributed by atoms with Crippen molar-refractivity contribution in [3.8, 4) is 0 Å². The van der Waals surface area contributed by atoms with Crippen LogP contribution >= 0.6 is 46.0 Å². The predicted octanol–water partition coefficient (Wildman–Crippen LogP) is 3.74. The van der Waals surface area contributed by atoms with Gasteiger partial charge in [-0.15, -0.1) is 21.5 Å². The second-order valence-electron chi connectivity index (χ2n) is 3.63. The lowest BCUT2D eigenvalue weighted by Gasteiger charge is -2.16. The van der Waals surface area contributed by atoms with Crippen molar-refractivity contribution in [3.05, 3.63) is 26.4 Å². The number of thiophene rings is 1. The quantitative estimate of drug-likeness (QED) is 0.874. The third-order valence-electron chi connectivity index (χ3n) is 2.09. The first-order valence-electron chi connectivity index (χ1n) is 5.04. The minimum absolute atomic E-state index is 0.0407. The topological polar surface area (TPSA) is 51.8 Å². The molecule has 3 nitrogen and oxygen atoms in total. The molecule has 0 fully saturated rings. The zero-order valence-electron chi connectivity index (χ0n) is 9.38. The summed E-state index contributed by atoms with van der Waals surface area (Å²) in [5, 5.41) is 9.28. The first-order valence-corrected chi connectivity index (χ1v) is 7.93. The number of aryl methyl sites for hydroxylation is 1. The molecule has 0 saturated carbocycles. The second kappa shape index (κ2) is 5.67. The minimum Gasteiger partial charge on any atom is -0.327 e. The fourth-order valence-corrected chi connectivity index (χ4v) is 4.78. The van der Waals surface area contributed by atoms with Crippen LogP contribution in [0.2, 0.25) is 4.34 Å². The Morgan fingerprint density at radius 3 is 2.59 bits per heavy atom. The van der Waals surface area contributed by atoms with Gasteiger partial charge in [-0.3, -0.25) is 0 Å². The molecule has 2 heterocycles. The molecule has 2 aromatic heterocycles. The van der Waals surface area contributed by atoms with Crippen LogP contribution in [0.1, 0.15) is 22.1 Å². The fourth-order valence-electron chi connectivity index (χ4n) is 1.34. The van der Waals surface area contributed by atoms with Crippen molar-refractivity contribution >= 4 is 46.0 Å². The smallest absolute Gasteiger partial charge is 0.174 e. The molecule has 0 aliphatic heterocycles. The van der Waals surface area contributed by atoms with Crippen LogP contribution in [-0.2, 0) is 0 Å². The van der Waals surface area contributed by atoms with Crippen LogP contribution in [-0.4, -0.2) is 16.2 Å². The van der Waals surface area contributed by atoms with Crippen LogP contribution in [0.3, 0.4) is 0 Å². The summed E-state index contributed by atoms with van der Waals surface area (Å²) in [7, 11) is 0. The number of nitrogens with zero attached hydrogens (tertiary/aromatic N) is 2. The van der Waals surface area contributed by atoms with Gasteiger partial charge in [-0.2, -0.15) is 0 Å². The Bertz CT molecular complexity index is 494. The number of hydrogen-bond acceptors (Lipinski definition) is 6. The van der Waals surface area contributed by atoms with Crippen molar-refractivity contribution < 1.29 is 0 Å². The van der Waals surface area contributed by atoms with E-state index in [9.17, 15) is 0 Å². The highest BCUT2D eigenvalue weighted by Gasteiger charge is 2.21. The van der Waals surface area contributed by atoms with E-state index in [1.165, 1.54) is 4.88 Å². The summed E-state index contributed by atoms with van der Waals surface area (Å²) in [5.41, 5.74) is 6.03. The van der Waals surface area contributed by atoms with E-state index >= 15 is 0 Å². The Labute approximate surface area is 117 Å². The molecule has 2 atom stereocenters. The molecule has 0 aromatic carbocycles. The molecule has 0 spiro atoms. The lowest BCUT2D eigenvalue weighted by molar-refractivity contribution is 0.729.